The van der Waals surface area contributed by atoms with E-state index in [2.05, 4.69) is 140 Å². The number of hydrogen-bond donors (Lipinski definition) is 0. The number of nitrogens with zero attached hydrogens (tertiary/aromatic N) is 2. The van der Waals surface area contributed by atoms with E-state index in [1.807, 2.05) is 0 Å². The van der Waals surface area contributed by atoms with Gasteiger partial charge in [-0.3, -0.25) is 0 Å². The fraction of sp³-hybridized carbons (Fsp3) is 0.0909. The van der Waals surface area contributed by atoms with Crippen LogP contribution in [0.15, 0.2) is 109 Å². The average molecular weight is 462 g/mol. The molecule has 172 valence electrons. The highest BCUT2D eigenvalue weighted by atomic mass is 15.2. The topological polar surface area (TPSA) is 6.48 Å². The van der Waals surface area contributed by atoms with Gasteiger partial charge in [0.2, 0.25) is 0 Å². The number of anilines is 5. The molecule has 0 saturated heterocycles. The summed E-state index contributed by atoms with van der Waals surface area (Å²) in [6.07, 6.45) is 0. The number of fused-ring (bicyclic) bond motifs is 4. The van der Waals surface area contributed by atoms with Crippen LogP contribution in [0.25, 0.3) is 11.1 Å². The lowest BCUT2D eigenvalue weighted by atomic mass is 9.43. The molecule has 0 spiro atoms. The molecule has 0 amide bonds. The third kappa shape index (κ3) is 3.06. The summed E-state index contributed by atoms with van der Waals surface area (Å²) < 4.78 is 0. The lowest BCUT2D eigenvalue weighted by Gasteiger charge is -2.46. The Balaban J connectivity index is 1.61. The first-order valence-electron chi connectivity index (χ1n) is 12.7. The first-order chi connectivity index (χ1) is 17.6. The molecule has 2 aliphatic heterocycles. The van der Waals surface area contributed by atoms with Crippen molar-refractivity contribution in [2.75, 3.05) is 9.71 Å². The molecule has 3 heteroatoms. The molecule has 0 saturated carbocycles. The largest absolute Gasteiger partial charge is 0.376 e. The van der Waals surface area contributed by atoms with E-state index in [4.69, 9.17) is 0 Å². The van der Waals surface area contributed by atoms with Crippen LogP contribution in [0.3, 0.4) is 0 Å². The maximum absolute atomic E-state index is 2.55. The van der Waals surface area contributed by atoms with Crippen LogP contribution >= 0.6 is 0 Å². The number of aryl methyl sites for hydroxylation is 3. The van der Waals surface area contributed by atoms with Crippen molar-refractivity contribution < 1.29 is 0 Å². The summed E-state index contributed by atoms with van der Waals surface area (Å²) in [5, 5.41) is 0. The minimum absolute atomic E-state index is 0.0877. The van der Waals surface area contributed by atoms with Crippen molar-refractivity contribution >= 4 is 46.2 Å². The first kappa shape index (κ1) is 21.1. The molecular weight excluding hydrogens is 435 g/mol. The van der Waals surface area contributed by atoms with Crippen molar-refractivity contribution in [3.63, 3.8) is 0 Å². The second kappa shape index (κ2) is 7.89. The molecule has 5 aromatic carbocycles. The van der Waals surface area contributed by atoms with Crippen LogP contribution in [-0.4, -0.2) is 6.85 Å². The molecule has 0 unspecified atom stereocenters. The molecule has 7 rings (SSSR count). The van der Waals surface area contributed by atoms with Gasteiger partial charge in [0.25, 0.3) is 0 Å². The van der Waals surface area contributed by atoms with E-state index in [1.165, 1.54) is 67.2 Å². The fourth-order valence-electron chi connectivity index (χ4n) is 6.01. The Labute approximate surface area is 213 Å². The van der Waals surface area contributed by atoms with Crippen molar-refractivity contribution in [3.05, 3.63) is 126 Å². The minimum Gasteiger partial charge on any atom is -0.376 e. The van der Waals surface area contributed by atoms with Gasteiger partial charge in [-0.15, -0.1) is 0 Å². The second-order valence-electron chi connectivity index (χ2n) is 10.1. The molecule has 2 nitrogen and oxygen atoms in total. The lowest BCUT2D eigenvalue weighted by Crippen LogP contribution is -2.61. The van der Waals surface area contributed by atoms with Gasteiger partial charge in [-0.25, -0.2) is 0 Å². The Hall–Kier alpha value is -4.24. The van der Waals surface area contributed by atoms with Crippen molar-refractivity contribution in [1.82, 2.24) is 0 Å². The molecule has 0 aromatic heterocycles. The maximum atomic E-state index is 2.55. The van der Waals surface area contributed by atoms with Crippen molar-refractivity contribution in [3.8, 4) is 11.1 Å². The van der Waals surface area contributed by atoms with E-state index in [-0.39, 0.29) is 6.85 Å². The third-order valence-corrected chi connectivity index (χ3v) is 7.58. The number of rotatable bonds is 2. The highest BCUT2D eigenvalue weighted by Gasteiger charge is 2.44. The zero-order valence-corrected chi connectivity index (χ0v) is 20.9. The number of para-hydroxylation sites is 2. The zero-order valence-electron chi connectivity index (χ0n) is 20.9. The normalized spacial score (nSPS) is 13.2. The first-order valence-corrected chi connectivity index (χ1v) is 12.7. The summed E-state index contributed by atoms with van der Waals surface area (Å²) in [6, 6.07) is 40.3. The van der Waals surface area contributed by atoms with Gasteiger partial charge in [0.05, 0.1) is 0 Å². The number of hydrogen-bond acceptors (Lipinski definition) is 2. The van der Waals surface area contributed by atoms with Crippen LogP contribution in [-0.2, 0) is 0 Å². The van der Waals surface area contributed by atoms with Gasteiger partial charge in [-0.2, -0.15) is 0 Å². The predicted molar refractivity (Wildman–Crippen MR) is 154 cm³/mol. The molecule has 5 aromatic rings. The van der Waals surface area contributed by atoms with Gasteiger partial charge >= 0.3 is 6.85 Å². The molecule has 2 aliphatic rings. The summed E-state index contributed by atoms with van der Waals surface area (Å²) in [6.45, 7) is 6.65. The van der Waals surface area contributed by atoms with Gasteiger partial charge in [-0.05, 0) is 91.4 Å². The quantitative estimate of drug-likeness (QED) is 0.254. The standard InChI is InChI=1S/C33H27BN2/c1-22-13-16-26(17-14-22)36-30-18-15-23(2)19-27(30)28-20-24(3)21-32-33(28)34(36)29-11-7-8-12-31(29)35(32)25-9-5-4-6-10-25/h4-21H,1-3H3. The molecule has 36 heavy (non-hydrogen) atoms. The van der Waals surface area contributed by atoms with Crippen molar-refractivity contribution in [2.24, 2.45) is 0 Å². The van der Waals surface area contributed by atoms with E-state index in [0.29, 0.717) is 0 Å². The van der Waals surface area contributed by atoms with Crippen LogP contribution in [0.2, 0.25) is 0 Å². The summed E-state index contributed by atoms with van der Waals surface area (Å²) in [7, 11) is 0. The Morgan fingerprint density at radius 1 is 0.500 bits per heavy atom. The van der Waals surface area contributed by atoms with Crippen molar-refractivity contribution in [2.45, 2.75) is 20.8 Å². The van der Waals surface area contributed by atoms with Gasteiger partial charge in [0.15, 0.2) is 0 Å². The Bertz CT molecular complexity index is 1620. The van der Waals surface area contributed by atoms with Crippen LogP contribution < -0.4 is 20.6 Å². The van der Waals surface area contributed by atoms with Crippen LogP contribution in [0.5, 0.6) is 0 Å². The molecule has 0 fully saturated rings. The molecule has 0 atom stereocenters. The van der Waals surface area contributed by atoms with E-state index in [9.17, 15) is 0 Å². The van der Waals surface area contributed by atoms with Gasteiger partial charge in [0, 0.05) is 34.0 Å². The highest BCUT2D eigenvalue weighted by molar-refractivity contribution is 6.93. The van der Waals surface area contributed by atoms with E-state index in [1.54, 1.807) is 0 Å². The predicted octanol–water partition coefficient (Wildman–Crippen LogP) is 7.32. The molecule has 0 bridgehead atoms. The van der Waals surface area contributed by atoms with E-state index in [0.717, 1.165) is 0 Å². The second-order valence-corrected chi connectivity index (χ2v) is 10.1. The Morgan fingerprint density at radius 3 is 2.00 bits per heavy atom. The third-order valence-electron chi connectivity index (χ3n) is 7.58. The summed E-state index contributed by atoms with van der Waals surface area (Å²) in [5.74, 6) is 0. The summed E-state index contributed by atoms with van der Waals surface area (Å²) in [5.41, 5.74) is 15.4. The maximum Gasteiger partial charge on any atom is 0.333 e. The van der Waals surface area contributed by atoms with Gasteiger partial charge in [-0.1, -0.05) is 71.8 Å². The summed E-state index contributed by atoms with van der Waals surface area (Å²) >= 11 is 0. The zero-order chi connectivity index (χ0) is 24.4. The van der Waals surface area contributed by atoms with Gasteiger partial charge in [0.1, 0.15) is 0 Å². The van der Waals surface area contributed by atoms with E-state index < -0.39 is 0 Å². The molecule has 2 heterocycles. The molecule has 0 N–H and O–H groups in total. The SMILES string of the molecule is Cc1ccc(N2B3c4ccccc4N(c4ccccc4)c4cc(C)cc(c43)-c3cc(C)ccc32)cc1. The number of benzene rings is 5. The van der Waals surface area contributed by atoms with Gasteiger partial charge < -0.3 is 9.71 Å². The Morgan fingerprint density at radius 2 is 1.19 bits per heavy atom. The Kier molecular flexibility index (Phi) is 4.62. The smallest absolute Gasteiger partial charge is 0.333 e. The minimum atomic E-state index is 0.0877. The molecular formula is C33H27BN2. The van der Waals surface area contributed by atoms with Crippen LogP contribution in [0.4, 0.5) is 28.4 Å². The average Bonchev–Trinajstić information content (AvgIpc) is 2.90. The van der Waals surface area contributed by atoms with Crippen LogP contribution in [0.1, 0.15) is 16.7 Å². The fourth-order valence-corrected chi connectivity index (χ4v) is 6.01. The van der Waals surface area contributed by atoms with Crippen LogP contribution in [0, 0.1) is 20.8 Å². The summed E-state index contributed by atoms with van der Waals surface area (Å²) in [4.78, 5) is 5.00. The monoisotopic (exact) mass is 462 g/mol. The highest BCUT2D eigenvalue weighted by Crippen LogP contribution is 2.46. The molecule has 0 radical (unpaired) electrons. The lowest BCUT2D eigenvalue weighted by molar-refractivity contribution is 1.25. The van der Waals surface area contributed by atoms with E-state index >= 15 is 0 Å². The van der Waals surface area contributed by atoms with Crippen molar-refractivity contribution in [1.29, 1.82) is 0 Å². The molecule has 0 aliphatic carbocycles.